The fourth-order valence-electron chi connectivity index (χ4n) is 1.94. The van der Waals surface area contributed by atoms with Crippen molar-refractivity contribution in [3.05, 3.63) is 42.2 Å². The zero-order chi connectivity index (χ0) is 14.4. The van der Waals surface area contributed by atoms with Crippen molar-refractivity contribution in [2.75, 3.05) is 18.4 Å². The first-order chi connectivity index (χ1) is 9.72. The number of carbonyl (C=O) groups excluding carboxylic acids is 1. The molecule has 0 aromatic carbocycles. The number of imidazole rings is 1. The summed E-state index contributed by atoms with van der Waals surface area (Å²) in [5.74, 6) is 0.851. The summed E-state index contributed by atoms with van der Waals surface area (Å²) in [6.45, 7) is 3.28. The van der Waals surface area contributed by atoms with Crippen molar-refractivity contribution >= 4 is 11.6 Å². The Kier molecular flexibility index (Phi) is 4.70. The Bertz CT molecular complexity index is 578. The van der Waals surface area contributed by atoms with Gasteiger partial charge in [-0.2, -0.15) is 0 Å². The van der Waals surface area contributed by atoms with Gasteiger partial charge < -0.3 is 15.2 Å². The molecule has 0 saturated carbocycles. The van der Waals surface area contributed by atoms with Crippen LogP contribution in [0.25, 0.3) is 0 Å². The molecular formula is C14H19N5O. The maximum atomic E-state index is 12.1. The Morgan fingerprint density at radius 1 is 1.40 bits per heavy atom. The lowest BCUT2D eigenvalue weighted by Gasteiger charge is -2.10. The molecule has 0 spiro atoms. The minimum atomic E-state index is -0.0995. The highest BCUT2D eigenvalue weighted by atomic mass is 16.1. The highest BCUT2D eigenvalue weighted by Crippen LogP contribution is 2.12. The Balaban J connectivity index is 1.93. The van der Waals surface area contributed by atoms with E-state index in [0.717, 1.165) is 18.1 Å². The molecular weight excluding hydrogens is 254 g/mol. The summed E-state index contributed by atoms with van der Waals surface area (Å²) in [5.41, 5.74) is 1.37. The minimum Gasteiger partial charge on any atom is -0.383 e. The van der Waals surface area contributed by atoms with E-state index in [4.69, 9.17) is 0 Å². The van der Waals surface area contributed by atoms with Crippen LogP contribution in [0.4, 0.5) is 5.69 Å². The number of pyridine rings is 1. The van der Waals surface area contributed by atoms with Gasteiger partial charge >= 0.3 is 0 Å². The maximum Gasteiger partial charge on any atom is 0.253 e. The summed E-state index contributed by atoms with van der Waals surface area (Å²) < 4.78 is 1.95. The van der Waals surface area contributed by atoms with Crippen LogP contribution in [-0.2, 0) is 13.5 Å². The molecule has 0 saturated heterocycles. The quantitative estimate of drug-likeness (QED) is 0.830. The smallest absolute Gasteiger partial charge is 0.253 e. The van der Waals surface area contributed by atoms with Crippen LogP contribution >= 0.6 is 0 Å². The van der Waals surface area contributed by atoms with E-state index >= 15 is 0 Å². The third-order valence-corrected chi connectivity index (χ3v) is 2.99. The van der Waals surface area contributed by atoms with Crippen molar-refractivity contribution in [2.45, 2.75) is 13.3 Å². The average Bonchev–Trinajstić information content (AvgIpc) is 2.85. The predicted octanol–water partition coefficient (Wildman–Crippen LogP) is 1.22. The molecule has 0 aliphatic rings. The first-order valence-corrected chi connectivity index (χ1v) is 6.64. The lowest BCUT2D eigenvalue weighted by Crippen LogP contribution is -2.27. The van der Waals surface area contributed by atoms with Crippen LogP contribution in [0.2, 0.25) is 0 Å². The first kappa shape index (κ1) is 14.0. The number of nitrogens with zero attached hydrogens (tertiary/aromatic N) is 3. The van der Waals surface area contributed by atoms with Gasteiger partial charge in [0.2, 0.25) is 0 Å². The van der Waals surface area contributed by atoms with E-state index in [2.05, 4.69) is 20.6 Å². The van der Waals surface area contributed by atoms with E-state index in [1.165, 1.54) is 0 Å². The Morgan fingerprint density at radius 2 is 2.25 bits per heavy atom. The molecule has 0 bridgehead atoms. The van der Waals surface area contributed by atoms with E-state index in [9.17, 15) is 4.79 Å². The van der Waals surface area contributed by atoms with Crippen LogP contribution < -0.4 is 10.6 Å². The summed E-state index contributed by atoms with van der Waals surface area (Å²) >= 11 is 0. The van der Waals surface area contributed by atoms with E-state index in [-0.39, 0.29) is 5.91 Å². The molecule has 2 N–H and O–H groups in total. The number of amides is 1. The highest BCUT2D eigenvalue weighted by molar-refractivity contribution is 5.99. The predicted molar refractivity (Wildman–Crippen MR) is 77.6 cm³/mol. The molecule has 1 amide bonds. The molecule has 0 fully saturated rings. The van der Waals surface area contributed by atoms with Gasteiger partial charge in [-0.15, -0.1) is 0 Å². The number of anilines is 1. The molecule has 2 aromatic heterocycles. The zero-order valence-electron chi connectivity index (χ0n) is 11.8. The SMILES string of the molecule is CCNc1cnccc1C(=O)NCCc1nccn1C. The first-order valence-electron chi connectivity index (χ1n) is 6.64. The lowest BCUT2D eigenvalue weighted by molar-refractivity contribution is 0.0954. The van der Waals surface area contributed by atoms with Crippen molar-refractivity contribution in [2.24, 2.45) is 7.05 Å². The highest BCUT2D eigenvalue weighted by Gasteiger charge is 2.10. The average molecular weight is 273 g/mol. The van der Waals surface area contributed by atoms with Crippen LogP contribution in [-0.4, -0.2) is 33.5 Å². The van der Waals surface area contributed by atoms with E-state index < -0.39 is 0 Å². The van der Waals surface area contributed by atoms with Gasteiger partial charge in [-0.1, -0.05) is 0 Å². The summed E-state index contributed by atoms with van der Waals surface area (Å²) in [5, 5.41) is 6.03. The summed E-state index contributed by atoms with van der Waals surface area (Å²) in [6.07, 6.45) is 7.63. The molecule has 20 heavy (non-hydrogen) atoms. The van der Waals surface area contributed by atoms with Crippen molar-refractivity contribution in [3.63, 3.8) is 0 Å². The third-order valence-electron chi connectivity index (χ3n) is 2.99. The molecule has 0 aliphatic heterocycles. The molecule has 0 aliphatic carbocycles. The third kappa shape index (κ3) is 3.34. The lowest BCUT2D eigenvalue weighted by atomic mass is 10.2. The van der Waals surface area contributed by atoms with Crippen LogP contribution in [0.15, 0.2) is 30.9 Å². The van der Waals surface area contributed by atoms with Gasteiger partial charge in [0, 0.05) is 45.1 Å². The van der Waals surface area contributed by atoms with Crippen molar-refractivity contribution in [1.82, 2.24) is 19.9 Å². The van der Waals surface area contributed by atoms with Crippen LogP contribution in [0, 0.1) is 0 Å². The number of aryl methyl sites for hydroxylation is 1. The van der Waals surface area contributed by atoms with Crippen molar-refractivity contribution < 1.29 is 4.79 Å². The van der Waals surface area contributed by atoms with Gasteiger partial charge in [0.1, 0.15) is 5.82 Å². The van der Waals surface area contributed by atoms with Crippen molar-refractivity contribution in [3.8, 4) is 0 Å². The molecule has 106 valence electrons. The van der Waals surface area contributed by atoms with Gasteiger partial charge in [-0.05, 0) is 13.0 Å². The van der Waals surface area contributed by atoms with Crippen LogP contribution in [0.1, 0.15) is 23.1 Å². The van der Waals surface area contributed by atoms with Gasteiger partial charge in [-0.25, -0.2) is 4.98 Å². The largest absolute Gasteiger partial charge is 0.383 e. The van der Waals surface area contributed by atoms with Crippen LogP contribution in [0.3, 0.4) is 0 Å². The fourth-order valence-corrected chi connectivity index (χ4v) is 1.94. The molecule has 2 heterocycles. The Labute approximate surface area is 118 Å². The maximum absolute atomic E-state index is 12.1. The second kappa shape index (κ2) is 6.70. The number of hydrogen-bond donors (Lipinski definition) is 2. The topological polar surface area (TPSA) is 71.8 Å². The van der Waals surface area contributed by atoms with Gasteiger partial charge in [0.25, 0.3) is 5.91 Å². The number of hydrogen-bond acceptors (Lipinski definition) is 4. The molecule has 2 aromatic rings. The molecule has 6 nitrogen and oxygen atoms in total. The van der Waals surface area contributed by atoms with E-state index in [1.807, 2.05) is 24.7 Å². The van der Waals surface area contributed by atoms with E-state index in [0.29, 0.717) is 18.5 Å². The van der Waals surface area contributed by atoms with Gasteiger partial charge in [-0.3, -0.25) is 9.78 Å². The zero-order valence-corrected chi connectivity index (χ0v) is 11.8. The number of rotatable bonds is 6. The number of aromatic nitrogens is 3. The molecule has 0 unspecified atom stereocenters. The summed E-state index contributed by atoms with van der Waals surface area (Å²) in [7, 11) is 1.94. The molecule has 6 heteroatoms. The molecule has 0 atom stereocenters. The minimum absolute atomic E-state index is 0.0995. The van der Waals surface area contributed by atoms with Crippen molar-refractivity contribution in [1.29, 1.82) is 0 Å². The number of carbonyl (C=O) groups is 1. The van der Waals surface area contributed by atoms with Gasteiger partial charge in [0.05, 0.1) is 17.4 Å². The van der Waals surface area contributed by atoms with E-state index in [1.54, 1.807) is 24.7 Å². The number of nitrogens with one attached hydrogen (secondary N) is 2. The van der Waals surface area contributed by atoms with Gasteiger partial charge in [0.15, 0.2) is 0 Å². The second-order valence-corrected chi connectivity index (χ2v) is 4.41. The monoisotopic (exact) mass is 273 g/mol. The molecule has 2 rings (SSSR count). The van der Waals surface area contributed by atoms with Crippen LogP contribution in [0.5, 0.6) is 0 Å². The Hall–Kier alpha value is -2.37. The summed E-state index contributed by atoms with van der Waals surface area (Å²) in [4.78, 5) is 20.4. The Morgan fingerprint density at radius 3 is 2.95 bits per heavy atom. The normalized spacial score (nSPS) is 10.3. The second-order valence-electron chi connectivity index (χ2n) is 4.41. The summed E-state index contributed by atoms with van der Waals surface area (Å²) in [6, 6.07) is 1.72. The fraction of sp³-hybridized carbons (Fsp3) is 0.357. The molecule has 0 radical (unpaired) electrons. The standard InChI is InChI=1S/C14H19N5O/c1-3-16-12-10-15-6-4-11(12)14(20)18-7-5-13-17-8-9-19(13)2/h4,6,8-10,16H,3,5,7H2,1-2H3,(H,18,20).